The van der Waals surface area contributed by atoms with Crippen molar-refractivity contribution in [2.24, 2.45) is 0 Å². The highest BCUT2D eigenvalue weighted by molar-refractivity contribution is 6.36. The number of hydrogen-bond acceptors (Lipinski definition) is 16. The minimum atomic E-state index is -0.356. The third-order valence-corrected chi connectivity index (χ3v) is 14.8. The van der Waals surface area contributed by atoms with E-state index in [0.29, 0.717) is 63.7 Å². The average Bonchev–Trinajstić information content (AvgIpc) is 3.59. The van der Waals surface area contributed by atoms with Crippen molar-refractivity contribution in [3.63, 3.8) is 0 Å². The van der Waals surface area contributed by atoms with Crippen LogP contribution in [0.25, 0.3) is 44.6 Å². The predicted octanol–water partition coefficient (Wildman–Crippen LogP) is 10.8. The smallest absolute Gasteiger partial charge is 0.152 e. The van der Waals surface area contributed by atoms with Crippen LogP contribution in [-0.4, -0.2) is 133 Å². The zero-order valence-corrected chi connectivity index (χ0v) is 46.4. The van der Waals surface area contributed by atoms with Gasteiger partial charge in [-0.05, 0) is 108 Å². The van der Waals surface area contributed by atoms with Crippen molar-refractivity contribution in [2.75, 3.05) is 123 Å². The van der Waals surface area contributed by atoms with Crippen molar-refractivity contribution in [3.8, 4) is 22.8 Å². The van der Waals surface area contributed by atoms with Crippen LogP contribution < -0.4 is 30.7 Å². The molecule has 0 bridgehead atoms. The lowest BCUT2D eigenvalue weighted by atomic mass is 10.0. The zero-order chi connectivity index (χ0) is 55.3. The van der Waals surface area contributed by atoms with Gasteiger partial charge in [-0.2, -0.15) is 0 Å². The Morgan fingerprint density at radius 3 is 1.56 bits per heavy atom. The molecule has 6 aromatic heterocycles. The largest absolute Gasteiger partial charge is 0.396 e. The number of anilines is 7. The Bertz CT molecular complexity index is 3420. The SMILES string of the molecule is CC1(C)CN(c2cnc(N3CCOCC3)c(N)c2)CCO1.Cc1c(-c2ccccn2)nc2cccc(F)c2c1Cl.Cc1c(-c2ccccn2)nc2cccc(F)c2c1Nc1cc(N2CCOC(C)(C)C2)cnc1N1CCOCC1. The van der Waals surface area contributed by atoms with Crippen molar-refractivity contribution < 1.29 is 27.7 Å². The molecule has 4 aliphatic heterocycles. The van der Waals surface area contributed by atoms with E-state index in [9.17, 15) is 4.39 Å². The van der Waals surface area contributed by atoms with Gasteiger partial charge in [0.15, 0.2) is 11.6 Å². The lowest BCUT2D eigenvalue weighted by Gasteiger charge is -2.39. The maximum absolute atomic E-state index is 15.4. The molecule has 4 aliphatic rings. The van der Waals surface area contributed by atoms with Gasteiger partial charge in [-0.25, -0.2) is 28.7 Å². The summed E-state index contributed by atoms with van der Waals surface area (Å²) in [5.41, 5.74) is 15.6. The number of nitrogen functional groups attached to an aromatic ring is 1. The second kappa shape index (κ2) is 23.9. The second-order valence-electron chi connectivity index (χ2n) is 21.1. The highest BCUT2D eigenvalue weighted by atomic mass is 35.5. The highest BCUT2D eigenvalue weighted by Gasteiger charge is 2.30. The van der Waals surface area contributed by atoms with Gasteiger partial charge in [0.25, 0.3) is 0 Å². The van der Waals surface area contributed by atoms with Gasteiger partial charge < -0.3 is 49.6 Å². The number of benzene rings is 2. The maximum Gasteiger partial charge on any atom is 0.152 e. The molecular weight excluding hydrogens is 1030 g/mol. The first-order chi connectivity index (χ1) is 38.1. The average molecular weight is 1090 g/mol. The maximum atomic E-state index is 15.4. The molecule has 10 heterocycles. The first kappa shape index (κ1) is 55.0. The molecule has 412 valence electrons. The summed E-state index contributed by atoms with van der Waals surface area (Å²) in [6, 6.07) is 25.2. The number of aromatic nitrogens is 6. The number of rotatable bonds is 8. The molecule has 0 unspecified atom stereocenters. The Kier molecular flexibility index (Phi) is 16.7. The van der Waals surface area contributed by atoms with E-state index in [0.717, 1.165) is 129 Å². The van der Waals surface area contributed by atoms with Crippen LogP contribution >= 0.6 is 11.6 Å². The number of pyridine rings is 6. The van der Waals surface area contributed by atoms with Crippen LogP contribution in [0.5, 0.6) is 0 Å². The first-order valence-electron chi connectivity index (χ1n) is 26.7. The lowest BCUT2D eigenvalue weighted by Crippen LogP contribution is -2.48. The fourth-order valence-electron chi connectivity index (χ4n) is 10.4. The summed E-state index contributed by atoms with van der Waals surface area (Å²) in [5, 5.41) is 4.82. The predicted molar refractivity (Wildman–Crippen MR) is 311 cm³/mol. The summed E-state index contributed by atoms with van der Waals surface area (Å²) in [4.78, 5) is 36.6. The van der Waals surface area contributed by atoms with Gasteiger partial charge >= 0.3 is 0 Å². The molecule has 0 atom stereocenters. The Hall–Kier alpha value is -7.35. The van der Waals surface area contributed by atoms with E-state index in [1.807, 2.05) is 74.8 Å². The van der Waals surface area contributed by atoms with E-state index in [1.165, 1.54) is 12.1 Å². The number of nitrogens with two attached hydrogens (primary N) is 1. The van der Waals surface area contributed by atoms with Crippen molar-refractivity contribution in [2.45, 2.75) is 52.7 Å². The third-order valence-electron chi connectivity index (χ3n) is 14.3. The van der Waals surface area contributed by atoms with Crippen molar-refractivity contribution >= 4 is 73.5 Å². The number of hydrogen-bond donors (Lipinski definition) is 2. The van der Waals surface area contributed by atoms with Crippen LogP contribution in [-0.2, 0) is 18.9 Å². The van der Waals surface area contributed by atoms with Crippen LogP contribution in [0, 0.1) is 25.5 Å². The Balaban J connectivity index is 0.000000148. The fourth-order valence-corrected chi connectivity index (χ4v) is 10.6. The van der Waals surface area contributed by atoms with Crippen molar-refractivity contribution in [1.29, 1.82) is 0 Å². The Morgan fingerprint density at radius 2 is 1.04 bits per heavy atom. The zero-order valence-electron chi connectivity index (χ0n) is 45.6. The summed E-state index contributed by atoms with van der Waals surface area (Å²) >= 11 is 6.28. The minimum Gasteiger partial charge on any atom is -0.396 e. The number of ether oxygens (including phenoxy) is 4. The highest BCUT2D eigenvalue weighted by Crippen LogP contribution is 2.40. The molecule has 4 fully saturated rings. The Morgan fingerprint density at radius 1 is 0.557 bits per heavy atom. The molecule has 0 radical (unpaired) electrons. The van der Waals surface area contributed by atoms with Crippen molar-refractivity contribution in [3.05, 3.63) is 138 Å². The van der Waals surface area contributed by atoms with Crippen LogP contribution in [0.2, 0.25) is 5.02 Å². The van der Waals surface area contributed by atoms with Gasteiger partial charge in [0.2, 0.25) is 0 Å². The van der Waals surface area contributed by atoms with Gasteiger partial charge in [0.1, 0.15) is 11.6 Å². The molecule has 2 aromatic carbocycles. The molecular formula is C60H67ClF2N12O4. The number of nitrogens with zero attached hydrogens (tertiary/aromatic N) is 10. The van der Waals surface area contributed by atoms with E-state index in [1.54, 1.807) is 30.6 Å². The summed E-state index contributed by atoms with van der Waals surface area (Å²) < 4.78 is 51.9. The normalized spacial score (nSPS) is 17.2. The lowest BCUT2D eigenvalue weighted by molar-refractivity contribution is -0.0280. The summed E-state index contributed by atoms with van der Waals surface area (Å²) in [6.45, 7) is 22.7. The van der Waals surface area contributed by atoms with Crippen LogP contribution in [0.15, 0.2) is 110 Å². The summed E-state index contributed by atoms with van der Waals surface area (Å²) in [5.74, 6) is 1.00. The van der Waals surface area contributed by atoms with E-state index in [4.69, 9.17) is 46.3 Å². The minimum absolute atomic E-state index is 0.129. The molecule has 8 aromatic rings. The van der Waals surface area contributed by atoms with E-state index in [-0.39, 0.29) is 22.8 Å². The van der Waals surface area contributed by atoms with Crippen molar-refractivity contribution in [1.82, 2.24) is 29.9 Å². The number of nitrogens with one attached hydrogen (secondary N) is 1. The number of morpholine rings is 4. The van der Waals surface area contributed by atoms with E-state index in [2.05, 4.69) is 78.6 Å². The topological polar surface area (TPSA) is 165 Å². The van der Waals surface area contributed by atoms with Gasteiger partial charge in [0, 0.05) is 70.3 Å². The quantitative estimate of drug-likeness (QED) is 0.147. The Labute approximate surface area is 464 Å². The van der Waals surface area contributed by atoms with Gasteiger partial charge in [-0.3, -0.25) is 9.97 Å². The van der Waals surface area contributed by atoms with Gasteiger partial charge in [-0.15, -0.1) is 0 Å². The first-order valence-corrected chi connectivity index (χ1v) is 27.1. The van der Waals surface area contributed by atoms with Gasteiger partial charge in [0.05, 0.1) is 141 Å². The summed E-state index contributed by atoms with van der Waals surface area (Å²) in [6.07, 6.45) is 7.28. The molecule has 12 rings (SSSR count). The van der Waals surface area contributed by atoms with Crippen LogP contribution in [0.4, 0.5) is 48.9 Å². The molecule has 4 saturated heterocycles. The molecule has 0 saturated carbocycles. The molecule has 0 amide bonds. The third kappa shape index (κ3) is 12.6. The standard InChI is InChI=1S/C30H33FN6O2.C15H10ClFN2.C15H24N4O2/c1-20-27(24-8-4-5-10-32-24)34-23-9-6-7-22(31)26(23)28(20)35-25-17-21(37-13-16-39-30(2,3)19-37)18-33-29(25)36-11-14-38-15-12-36;1-9-14(16)13-10(17)5-4-7-11(13)19-15(9)12-6-2-3-8-18-12;1-15(2)11-19(5-8-21-15)12-9-13(16)14(17-10-12)18-3-6-20-7-4-18/h4-10,17-18H,11-16,19H2,1-3H3,(H,34,35);2-8H,1H3;9-10H,3-8,11,16H2,1-2H3. The molecule has 0 spiro atoms. The fraction of sp³-hybridized carbons (Fsp3) is 0.367. The molecule has 0 aliphatic carbocycles. The molecule has 16 nitrogen and oxygen atoms in total. The van der Waals surface area contributed by atoms with Crippen LogP contribution in [0.1, 0.15) is 38.8 Å². The molecule has 79 heavy (non-hydrogen) atoms. The van der Waals surface area contributed by atoms with Gasteiger partial charge in [-0.1, -0.05) is 35.9 Å². The van der Waals surface area contributed by atoms with E-state index < -0.39 is 0 Å². The number of halogens is 3. The molecule has 19 heteroatoms. The van der Waals surface area contributed by atoms with E-state index >= 15 is 4.39 Å². The van der Waals surface area contributed by atoms with Crippen LogP contribution in [0.3, 0.4) is 0 Å². The second-order valence-corrected chi connectivity index (χ2v) is 21.5. The summed E-state index contributed by atoms with van der Waals surface area (Å²) in [7, 11) is 0. The molecule has 3 N–H and O–H groups in total. The number of fused-ring (bicyclic) bond motifs is 2. The monoisotopic (exact) mass is 1090 g/mol.